The van der Waals surface area contributed by atoms with Crippen LogP contribution < -0.4 is 5.32 Å². The summed E-state index contributed by atoms with van der Waals surface area (Å²) >= 11 is 1.72. The van der Waals surface area contributed by atoms with E-state index in [9.17, 15) is 4.39 Å². The van der Waals surface area contributed by atoms with Crippen LogP contribution in [0.4, 0.5) is 4.39 Å². The fraction of sp³-hybridized carbons (Fsp3) is 0.400. The Kier molecular flexibility index (Phi) is 4.66. The highest BCUT2D eigenvalue weighted by atomic mass is 32.1. The predicted molar refractivity (Wildman–Crippen MR) is 78.2 cm³/mol. The standard InChI is InChI=1S/C15H19FN2S/c1-10(2)15-13(9-17-3)19-14(18-15)8-11-5-4-6-12(16)7-11/h4-7,10,17H,8-9H2,1-3H3. The number of nitrogens with one attached hydrogen (secondary N) is 1. The van der Waals surface area contributed by atoms with Gasteiger partial charge in [0.2, 0.25) is 0 Å². The predicted octanol–water partition coefficient (Wildman–Crippen LogP) is 3.72. The van der Waals surface area contributed by atoms with E-state index in [2.05, 4.69) is 19.2 Å². The van der Waals surface area contributed by atoms with Gasteiger partial charge in [0.25, 0.3) is 0 Å². The molecule has 0 unspecified atom stereocenters. The molecular weight excluding hydrogens is 259 g/mol. The van der Waals surface area contributed by atoms with Crippen LogP contribution in [0.2, 0.25) is 0 Å². The highest BCUT2D eigenvalue weighted by Gasteiger charge is 2.13. The minimum atomic E-state index is -0.186. The van der Waals surface area contributed by atoms with Crippen molar-refractivity contribution in [2.24, 2.45) is 0 Å². The third-order valence-electron chi connectivity index (χ3n) is 2.90. The zero-order valence-corrected chi connectivity index (χ0v) is 12.4. The maximum absolute atomic E-state index is 13.2. The number of benzene rings is 1. The first kappa shape index (κ1) is 14.2. The van der Waals surface area contributed by atoms with Gasteiger partial charge in [-0.2, -0.15) is 0 Å². The summed E-state index contributed by atoms with van der Waals surface area (Å²) in [6.07, 6.45) is 0.700. The molecule has 1 aromatic heterocycles. The lowest BCUT2D eigenvalue weighted by Crippen LogP contribution is -2.06. The molecule has 0 aliphatic carbocycles. The zero-order chi connectivity index (χ0) is 13.8. The molecule has 19 heavy (non-hydrogen) atoms. The third kappa shape index (κ3) is 3.61. The lowest BCUT2D eigenvalue weighted by atomic mass is 10.1. The maximum atomic E-state index is 13.2. The first-order chi connectivity index (χ1) is 9.10. The SMILES string of the molecule is CNCc1sc(Cc2cccc(F)c2)nc1C(C)C. The van der Waals surface area contributed by atoms with E-state index in [-0.39, 0.29) is 5.82 Å². The van der Waals surface area contributed by atoms with Gasteiger partial charge >= 0.3 is 0 Å². The fourth-order valence-electron chi connectivity index (χ4n) is 2.05. The van der Waals surface area contributed by atoms with Crippen LogP contribution in [0, 0.1) is 5.82 Å². The second-order valence-corrected chi connectivity index (χ2v) is 6.08. The van der Waals surface area contributed by atoms with E-state index >= 15 is 0 Å². The van der Waals surface area contributed by atoms with E-state index in [4.69, 9.17) is 4.98 Å². The minimum absolute atomic E-state index is 0.186. The van der Waals surface area contributed by atoms with Gasteiger partial charge in [-0.1, -0.05) is 26.0 Å². The molecule has 1 heterocycles. The van der Waals surface area contributed by atoms with E-state index in [1.807, 2.05) is 13.1 Å². The van der Waals surface area contributed by atoms with Crippen LogP contribution in [0.25, 0.3) is 0 Å². The molecule has 0 bridgehead atoms. The van der Waals surface area contributed by atoms with Crippen LogP contribution in [0.15, 0.2) is 24.3 Å². The second-order valence-electron chi connectivity index (χ2n) is 4.91. The highest BCUT2D eigenvalue weighted by Crippen LogP contribution is 2.26. The summed E-state index contributed by atoms with van der Waals surface area (Å²) in [5.74, 6) is 0.231. The van der Waals surface area contributed by atoms with Crippen LogP contribution in [-0.4, -0.2) is 12.0 Å². The Morgan fingerprint density at radius 2 is 2.16 bits per heavy atom. The topological polar surface area (TPSA) is 24.9 Å². The molecule has 2 nitrogen and oxygen atoms in total. The molecule has 0 saturated carbocycles. The van der Waals surface area contributed by atoms with Crippen molar-refractivity contribution in [3.63, 3.8) is 0 Å². The molecule has 0 aliphatic heterocycles. The monoisotopic (exact) mass is 278 g/mol. The second kappa shape index (κ2) is 6.26. The zero-order valence-electron chi connectivity index (χ0n) is 11.5. The Bertz CT molecular complexity index is 549. The Hall–Kier alpha value is -1.26. The average molecular weight is 278 g/mol. The van der Waals surface area contributed by atoms with Gasteiger partial charge in [-0.25, -0.2) is 9.37 Å². The van der Waals surface area contributed by atoms with Crippen molar-refractivity contribution >= 4 is 11.3 Å². The molecule has 2 aromatic rings. The fourth-order valence-corrected chi connectivity index (χ4v) is 3.32. The Labute approximate surface area is 117 Å². The molecule has 0 fully saturated rings. The van der Waals surface area contributed by atoms with E-state index < -0.39 is 0 Å². The largest absolute Gasteiger partial charge is 0.315 e. The maximum Gasteiger partial charge on any atom is 0.123 e. The minimum Gasteiger partial charge on any atom is -0.315 e. The molecule has 0 atom stereocenters. The van der Waals surface area contributed by atoms with Crippen molar-refractivity contribution in [3.8, 4) is 0 Å². The van der Waals surface area contributed by atoms with E-state index in [1.54, 1.807) is 23.5 Å². The third-order valence-corrected chi connectivity index (χ3v) is 3.97. The van der Waals surface area contributed by atoms with E-state index in [0.29, 0.717) is 12.3 Å². The van der Waals surface area contributed by atoms with Gasteiger partial charge in [0, 0.05) is 17.8 Å². The Morgan fingerprint density at radius 1 is 1.37 bits per heavy atom. The summed E-state index contributed by atoms with van der Waals surface area (Å²) in [7, 11) is 1.94. The molecule has 0 spiro atoms. The summed E-state index contributed by atoms with van der Waals surface area (Å²) in [5, 5.41) is 4.23. The average Bonchev–Trinajstić information content (AvgIpc) is 2.73. The molecule has 0 radical (unpaired) electrons. The molecule has 1 aromatic carbocycles. The van der Waals surface area contributed by atoms with Crippen LogP contribution in [0.3, 0.4) is 0 Å². The molecule has 1 N–H and O–H groups in total. The summed E-state index contributed by atoms with van der Waals surface area (Å²) in [4.78, 5) is 5.99. The van der Waals surface area contributed by atoms with Gasteiger partial charge < -0.3 is 5.32 Å². The molecule has 0 aliphatic rings. The van der Waals surface area contributed by atoms with Gasteiger partial charge in [-0.3, -0.25) is 0 Å². The van der Waals surface area contributed by atoms with Crippen molar-refractivity contribution in [1.29, 1.82) is 0 Å². The Balaban J connectivity index is 2.23. The number of thiazole rings is 1. The van der Waals surface area contributed by atoms with Crippen LogP contribution in [0.1, 0.15) is 40.9 Å². The van der Waals surface area contributed by atoms with E-state index in [1.165, 1.54) is 10.9 Å². The van der Waals surface area contributed by atoms with Crippen LogP contribution >= 0.6 is 11.3 Å². The summed E-state index contributed by atoms with van der Waals surface area (Å²) in [6.45, 7) is 5.15. The van der Waals surface area contributed by atoms with Crippen molar-refractivity contribution in [3.05, 3.63) is 51.2 Å². The highest BCUT2D eigenvalue weighted by molar-refractivity contribution is 7.11. The van der Waals surface area contributed by atoms with Crippen molar-refractivity contribution in [2.75, 3.05) is 7.05 Å². The quantitative estimate of drug-likeness (QED) is 0.901. The number of aromatic nitrogens is 1. The van der Waals surface area contributed by atoms with Gasteiger partial charge in [0.15, 0.2) is 0 Å². The molecule has 2 rings (SSSR count). The van der Waals surface area contributed by atoms with Gasteiger partial charge in [0.05, 0.1) is 10.7 Å². The van der Waals surface area contributed by atoms with Gasteiger partial charge in [0.1, 0.15) is 5.82 Å². The number of rotatable bonds is 5. The van der Waals surface area contributed by atoms with Gasteiger partial charge in [-0.15, -0.1) is 11.3 Å². The molecule has 0 saturated heterocycles. The summed E-state index contributed by atoms with van der Waals surface area (Å²) in [5.41, 5.74) is 2.13. The summed E-state index contributed by atoms with van der Waals surface area (Å²) in [6, 6.07) is 6.74. The summed E-state index contributed by atoms with van der Waals surface area (Å²) < 4.78 is 13.2. The van der Waals surface area contributed by atoms with Crippen molar-refractivity contribution in [2.45, 2.75) is 32.7 Å². The molecular formula is C15H19FN2S. The van der Waals surface area contributed by atoms with Crippen LogP contribution in [0.5, 0.6) is 0 Å². The lowest BCUT2D eigenvalue weighted by Gasteiger charge is -2.03. The smallest absolute Gasteiger partial charge is 0.123 e. The lowest BCUT2D eigenvalue weighted by molar-refractivity contribution is 0.626. The number of halogens is 1. The number of hydrogen-bond donors (Lipinski definition) is 1. The molecule has 102 valence electrons. The number of hydrogen-bond acceptors (Lipinski definition) is 3. The van der Waals surface area contributed by atoms with Crippen LogP contribution in [-0.2, 0) is 13.0 Å². The first-order valence-electron chi connectivity index (χ1n) is 6.47. The van der Waals surface area contributed by atoms with Crippen molar-refractivity contribution < 1.29 is 4.39 Å². The van der Waals surface area contributed by atoms with Gasteiger partial charge in [-0.05, 0) is 30.7 Å². The molecule has 4 heteroatoms. The number of nitrogens with zero attached hydrogens (tertiary/aromatic N) is 1. The first-order valence-corrected chi connectivity index (χ1v) is 7.29. The van der Waals surface area contributed by atoms with Crippen molar-refractivity contribution in [1.82, 2.24) is 10.3 Å². The Morgan fingerprint density at radius 3 is 2.79 bits per heavy atom. The normalized spacial score (nSPS) is 11.2. The van der Waals surface area contributed by atoms with E-state index in [0.717, 1.165) is 22.8 Å². The molecule has 0 amide bonds.